The molecule has 0 spiro atoms. The van der Waals surface area contributed by atoms with E-state index in [2.05, 4.69) is 44.2 Å². The number of H-pyrrole nitrogens is 1. The van der Waals surface area contributed by atoms with Crippen molar-refractivity contribution in [2.45, 2.75) is 32.0 Å². The molecule has 148 valence electrons. The van der Waals surface area contributed by atoms with Crippen LogP contribution in [0.1, 0.15) is 25.5 Å². The van der Waals surface area contributed by atoms with Crippen molar-refractivity contribution in [3.05, 3.63) is 59.8 Å². The van der Waals surface area contributed by atoms with Gasteiger partial charge in [0.2, 0.25) is 0 Å². The van der Waals surface area contributed by atoms with Gasteiger partial charge in [0.25, 0.3) is 0 Å². The third-order valence-corrected chi connectivity index (χ3v) is 5.64. The molecule has 29 heavy (non-hydrogen) atoms. The second-order valence-electron chi connectivity index (χ2n) is 7.43. The number of hydrogen-bond acceptors (Lipinski definition) is 6. The highest BCUT2D eigenvalue weighted by Gasteiger charge is 2.33. The number of hydrogen-bond donors (Lipinski definition) is 2. The van der Waals surface area contributed by atoms with Gasteiger partial charge in [-0.1, -0.05) is 11.6 Å². The Morgan fingerprint density at radius 1 is 1.14 bits per heavy atom. The molecule has 1 saturated heterocycles. The molecule has 8 nitrogen and oxygen atoms in total. The average Bonchev–Trinajstić information content (AvgIpc) is 3.39. The highest BCUT2D eigenvalue weighted by atomic mass is 35.5. The van der Waals surface area contributed by atoms with Crippen molar-refractivity contribution in [2.75, 3.05) is 11.4 Å². The molecule has 0 amide bonds. The second kappa shape index (κ2) is 7.13. The molecule has 1 aliphatic heterocycles. The van der Waals surface area contributed by atoms with Crippen LogP contribution in [-0.4, -0.2) is 48.2 Å². The Bertz CT molecular complexity index is 1140. The van der Waals surface area contributed by atoms with E-state index in [4.69, 9.17) is 16.6 Å². The lowest BCUT2D eigenvalue weighted by Gasteiger charge is -2.43. The number of nitrogens with one attached hydrogen (secondary N) is 2. The van der Waals surface area contributed by atoms with Crippen molar-refractivity contribution in [1.29, 1.82) is 0 Å². The lowest BCUT2D eigenvalue weighted by molar-refractivity contribution is 0.333. The summed E-state index contributed by atoms with van der Waals surface area (Å²) in [7, 11) is 0. The molecule has 0 unspecified atom stereocenters. The smallest absolute Gasteiger partial charge is 0.180 e. The summed E-state index contributed by atoms with van der Waals surface area (Å²) in [6.07, 6.45) is 9.23. The van der Waals surface area contributed by atoms with E-state index in [1.54, 1.807) is 12.4 Å². The molecule has 5 rings (SSSR count). The van der Waals surface area contributed by atoms with E-state index in [1.165, 1.54) is 0 Å². The molecule has 0 bridgehead atoms. The highest BCUT2D eigenvalue weighted by Crippen LogP contribution is 2.29. The molecule has 0 saturated carbocycles. The zero-order chi connectivity index (χ0) is 20.0. The van der Waals surface area contributed by atoms with Crippen LogP contribution < -0.4 is 10.2 Å². The number of pyridine rings is 1. The van der Waals surface area contributed by atoms with Crippen LogP contribution in [0.15, 0.2) is 49.2 Å². The van der Waals surface area contributed by atoms with Crippen LogP contribution in [0.4, 0.5) is 5.82 Å². The van der Waals surface area contributed by atoms with Crippen LogP contribution in [0.25, 0.3) is 17.2 Å². The van der Waals surface area contributed by atoms with Crippen LogP contribution in [0, 0.1) is 0 Å². The first kappa shape index (κ1) is 18.1. The van der Waals surface area contributed by atoms with Crippen molar-refractivity contribution in [1.82, 2.24) is 34.9 Å². The topological polar surface area (TPSA) is 87.0 Å². The summed E-state index contributed by atoms with van der Waals surface area (Å²) >= 11 is 6.18. The lowest BCUT2D eigenvalue weighted by atomic mass is 9.97. The molecule has 3 atom stereocenters. The Balaban J connectivity index is 1.52. The molecule has 9 heteroatoms. The number of fused-ring (bicyclic) bond motifs is 1. The van der Waals surface area contributed by atoms with Crippen molar-refractivity contribution in [3.8, 4) is 11.5 Å². The monoisotopic (exact) mass is 408 g/mol. The third-order valence-electron chi connectivity index (χ3n) is 5.42. The number of piperazine rings is 1. The summed E-state index contributed by atoms with van der Waals surface area (Å²) < 4.78 is 1.92. The maximum Gasteiger partial charge on any atom is 0.180 e. The molecule has 0 aliphatic carbocycles. The Morgan fingerprint density at radius 2 is 2.03 bits per heavy atom. The molecule has 5 heterocycles. The number of aromatic amines is 1. The van der Waals surface area contributed by atoms with Crippen molar-refractivity contribution in [2.24, 2.45) is 0 Å². The maximum absolute atomic E-state index is 6.18. The largest absolute Gasteiger partial charge is 0.350 e. The SMILES string of the molecule is C[C@H]1CN(c2ccnc(-c3cnc4ccc(Cl)cn34)n2)[C@@H](C)[C@@H](c2cn[nH]c2)N1. The number of anilines is 1. The zero-order valence-corrected chi connectivity index (χ0v) is 16.9. The van der Waals surface area contributed by atoms with Gasteiger partial charge < -0.3 is 10.2 Å². The van der Waals surface area contributed by atoms with Gasteiger partial charge in [-0.2, -0.15) is 5.10 Å². The Hall–Kier alpha value is -2.97. The summed E-state index contributed by atoms with van der Waals surface area (Å²) in [5, 5.41) is 11.3. The number of halogens is 1. The molecule has 1 fully saturated rings. The summed E-state index contributed by atoms with van der Waals surface area (Å²) in [6.45, 7) is 5.23. The first-order valence-electron chi connectivity index (χ1n) is 9.57. The summed E-state index contributed by atoms with van der Waals surface area (Å²) in [4.78, 5) is 16.1. The fourth-order valence-electron chi connectivity index (χ4n) is 4.00. The molecule has 4 aromatic heterocycles. The van der Waals surface area contributed by atoms with E-state index < -0.39 is 0 Å². The van der Waals surface area contributed by atoms with Crippen LogP contribution in [0.3, 0.4) is 0 Å². The minimum absolute atomic E-state index is 0.158. The minimum Gasteiger partial charge on any atom is -0.350 e. The van der Waals surface area contributed by atoms with E-state index >= 15 is 0 Å². The van der Waals surface area contributed by atoms with E-state index in [0.717, 1.165) is 29.3 Å². The molecular weight excluding hydrogens is 388 g/mol. The summed E-state index contributed by atoms with van der Waals surface area (Å²) in [5.74, 6) is 1.51. The minimum atomic E-state index is 0.158. The van der Waals surface area contributed by atoms with Gasteiger partial charge in [-0.05, 0) is 32.0 Å². The molecular formula is C20H21ClN8. The second-order valence-corrected chi connectivity index (χ2v) is 7.86. The Labute approximate surface area is 173 Å². The van der Waals surface area contributed by atoms with Gasteiger partial charge in [-0.15, -0.1) is 0 Å². The Morgan fingerprint density at radius 3 is 2.86 bits per heavy atom. The first-order valence-corrected chi connectivity index (χ1v) is 9.95. The molecule has 4 aromatic rings. The van der Waals surface area contributed by atoms with Crippen LogP contribution in [0.5, 0.6) is 0 Å². The predicted molar refractivity (Wildman–Crippen MR) is 112 cm³/mol. The lowest BCUT2D eigenvalue weighted by Crippen LogP contribution is -2.56. The standard InChI is InChI=1S/C20H21ClN8/c1-12-10-28(13(2)19(26-12)14-7-24-25-8-14)18-5-6-22-20(27-18)16-9-23-17-4-3-15(21)11-29(16)17/h3-9,11-13,19,26H,10H2,1-2H3,(H,24,25)/t12-,13-,19-/m0/s1. The summed E-state index contributed by atoms with van der Waals surface area (Å²) in [5.41, 5.74) is 2.76. The quantitative estimate of drug-likeness (QED) is 0.541. The normalized spacial score (nSPS) is 22.3. The van der Waals surface area contributed by atoms with E-state index in [-0.39, 0.29) is 12.1 Å². The fourth-order valence-corrected chi connectivity index (χ4v) is 4.16. The highest BCUT2D eigenvalue weighted by molar-refractivity contribution is 6.30. The average molecular weight is 409 g/mol. The molecule has 1 aliphatic rings. The molecule has 2 N–H and O–H groups in total. The zero-order valence-electron chi connectivity index (χ0n) is 16.1. The van der Waals surface area contributed by atoms with Crippen LogP contribution in [0.2, 0.25) is 5.02 Å². The van der Waals surface area contributed by atoms with Gasteiger partial charge in [0, 0.05) is 42.8 Å². The van der Waals surface area contributed by atoms with Gasteiger partial charge in [0.15, 0.2) is 5.82 Å². The first-order chi connectivity index (χ1) is 14.1. The van der Waals surface area contributed by atoms with Crippen molar-refractivity contribution >= 4 is 23.1 Å². The molecule has 0 radical (unpaired) electrons. The summed E-state index contributed by atoms with van der Waals surface area (Å²) in [6, 6.07) is 6.32. The van der Waals surface area contributed by atoms with Gasteiger partial charge in [-0.25, -0.2) is 15.0 Å². The Kier molecular flexibility index (Phi) is 4.44. The number of imidazole rings is 1. The number of rotatable bonds is 3. The number of nitrogens with zero attached hydrogens (tertiary/aromatic N) is 6. The predicted octanol–water partition coefficient (Wildman–Crippen LogP) is 3.10. The van der Waals surface area contributed by atoms with Gasteiger partial charge in [-0.3, -0.25) is 9.50 Å². The van der Waals surface area contributed by atoms with Crippen molar-refractivity contribution in [3.63, 3.8) is 0 Å². The maximum atomic E-state index is 6.18. The fraction of sp³-hybridized carbons (Fsp3) is 0.300. The van der Waals surface area contributed by atoms with E-state index in [9.17, 15) is 0 Å². The third kappa shape index (κ3) is 3.24. The van der Waals surface area contributed by atoms with Crippen molar-refractivity contribution < 1.29 is 0 Å². The van der Waals surface area contributed by atoms with Gasteiger partial charge >= 0.3 is 0 Å². The van der Waals surface area contributed by atoms with E-state index in [0.29, 0.717) is 16.9 Å². The van der Waals surface area contributed by atoms with Crippen LogP contribution in [-0.2, 0) is 0 Å². The molecule has 0 aromatic carbocycles. The van der Waals surface area contributed by atoms with Crippen LogP contribution >= 0.6 is 11.6 Å². The van der Waals surface area contributed by atoms with E-state index in [1.807, 2.05) is 41.2 Å². The number of aromatic nitrogens is 6. The van der Waals surface area contributed by atoms with Gasteiger partial charge in [0.1, 0.15) is 17.2 Å². The van der Waals surface area contributed by atoms with Gasteiger partial charge in [0.05, 0.1) is 23.5 Å².